The lowest BCUT2D eigenvalue weighted by Gasteiger charge is -2.36. The second-order valence-corrected chi connectivity index (χ2v) is 5.43. The molecule has 0 radical (unpaired) electrons. The van der Waals surface area contributed by atoms with E-state index in [1.807, 2.05) is 22.2 Å². The molecular formula is C13H20N4O. The molecule has 0 saturated carbocycles. The molecule has 0 bridgehead atoms. The van der Waals surface area contributed by atoms with E-state index in [1.165, 1.54) is 6.42 Å². The van der Waals surface area contributed by atoms with Crippen LogP contribution < -0.4 is 0 Å². The zero-order valence-electron chi connectivity index (χ0n) is 10.9. The van der Waals surface area contributed by atoms with Gasteiger partial charge in [0.15, 0.2) is 0 Å². The molecule has 5 nitrogen and oxygen atoms in total. The van der Waals surface area contributed by atoms with E-state index < -0.39 is 0 Å². The van der Waals surface area contributed by atoms with Crippen LogP contribution in [-0.2, 0) is 13.1 Å². The molecule has 0 aliphatic carbocycles. The first-order valence-corrected chi connectivity index (χ1v) is 6.78. The minimum absolute atomic E-state index is 0.191. The van der Waals surface area contributed by atoms with Crippen LogP contribution in [0.25, 0.3) is 0 Å². The summed E-state index contributed by atoms with van der Waals surface area (Å²) in [5, 5.41) is 0. The van der Waals surface area contributed by atoms with Crippen LogP contribution in [0, 0.1) is 5.92 Å². The Bertz CT molecular complexity index is 442. The Morgan fingerprint density at radius 1 is 1.33 bits per heavy atom. The number of piperidine rings is 1. The van der Waals surface area contributed by atoms with Gasteiger partial charge in [0, 0.05) is 38.6 Å². The number of fused-ring (bicyclic) bond motifs is 1. The molecule has 1 unspecified atom stereocenters. The summed E-state index contributed by atoms with van der Waals surface area (Å²) >= 11 is 0. The van der Waals surface area contributed by atoms with E-state index in [4.69, 9.17) is 0 Å². The van der Waals surface area contributed by atoms with Crippen LogP contribution in [0.3, 0.4) is 0 Å². The molecule has 1 aromatic heterocycles. The Hall–Kier alpha value is -1.52. The number of urea groups is 1. The number of carbonyl (C=O) groups is 1. The summed E-state index contributed by atoms with van der Waals surface area (Å²) in [6.07, 6.45) is 6.18. The van der Waals surface area contributed by atoms with Crippen LogP contribution in [0.1, 0.15) is 25.6 Å². The Morgan fingerprint density at radius 3 is 3.06 bits per heavy atom. The smallest absolute Gasteiger partial charge is 0.320 e. The molecule has 1 saturated heterocycles. The zero-order chi connectivity index (χ0) is 12.5. The molecule has 3 heterocycles. The van der Waals surface area contributed by atoms with Gasteiger partial charge in [-0.05, 0) is 18.8 Å². The number of nitrogens with zero attached hydrogens (tertiary/aromatic N) is 4. The van der Waals surface area contributed by atoms with E-state index in [0.29, 0.717) is 12.5 Å². The second-order valence-electron chi connectivity index (χ2n) is 5.43. The van der Waals surface area contributed by atoms with E-state index in [1.54, 1.807) is 0 Å². The number of likely N-dealkylation sites (tertiary alicyclic amines) is 1. The van der Waals surface area contributed by atoms with Crippen molar-refractivity contribution in [3.8, 4) is 0 Å². The summed E-state index contributed by atoms with van der Waals surface area (Å²) in [5.74, 6) is 1.63. The van der Waals surface area contributed by atoms with Crippen molar-refractivity contribution in [2.45, 2.75) is 32.9 Å². The number of imidazole rings is 1. The monoisotopic (exact) mass is 248 g/mol. The molecule has 0 N–H and O–H groups in total. The highest BCUT2D eigenvalue weighted by Gasteiger charge is 2.27. The third-order valence-electron chi connectivity index (χ3n) is 3.94. The summed E-state index contributed by atoms with van der Waals surface area (Å²) in [7, 11) is 0. The molecule has 98 valence electrons. The lowest BCUT2D eigenvalue weighted by atomic mass is 10.0. The van der Waals surface area contributed by atoms with Crippen LogP contribution >= 0.6 is 0 Å². The second kappa shape index (κ2) is 4.63. The van der Waals surface area contributed by atoms with E-state index in [9.17, 15) is 4.79 Å². The number of aromatic nitrogens is 2. The maximum atomic E-state index is 12.4. The minimum atomic E-state index is 0.191. The van der Waals surface area contributed by atoms with Crippen molar-refractivity contribution in [1.82, 2.24) is 19.4 Å². The topological polar surface area (TPSA) is 41.4 Å². The standard InChI is InChI=1S/C13H20N4O/c1-11-3-2-5-16(9-11)13(18)17-8-7-15-6-4-14-12(15)10-17/h4,6,11H,2-3,5,7-10H2,1H3. The quantitative estimate of drug-likeness (QED) is 0.699. The van der Waals surface area contributed by atoms with Gasteiger partial charge in [0.2, 0.25) is 0 Å². The first-order valence-electron chi connectivity index (χ1n) is 6.78. The van der Waals surface area contributed by atoms with Crippen LogP contribution in [0.4, 0.5) is 4.79 Å². The summed E-state index contributed by atoms with van der Waals surface area (Å²) < 4.78 is 2.13. The summed E-state index contributed by atoms with van der Waals surface area (Å²) in [5.41, 5.74) is 0. The molecule has 1 aromatic rings. The molecule has 3 rings (SSSR count). The van der Waals surface area contributed by atoms with Gasteiger partial charge in [0.25, 0.3) is 0 Å². The maximum Gasteiger partial charge on any atom is 0.320 e. The van der Waals surface area contributed by atoms with E-state index in [0.717, 1.165) is 38.4 Å². The summed E-state index contributed by atoms with van der Waals surface area (Å²) in [6.45, 7) is 6.36. The highest BCUT2D eigenvalue weighted by molar-refractivity contribution is 5.74. The van der Waals surface area contributed by atoms with Crippen LogP contribution in [-0.4, -0.2) is 45.0 Å². The average molecular weight is 248 g/mol. The third-order valence-corrected chi connectivity index (χ3v) is 3.94. The summed E-state index contributed by atoms with van der Waals surface area (Å²) in [4.78, 5) is 20.7. The van der Waals surface area contributed by atoms with Crippen LogP contribution in [0.5, 0.6) is 0 Å². The fourth-order valence-electron chi connectivity index (χ4n) is 2.90. The van der Waals surface area contributed by atoms with Gasteiger partial charge < -0.3 is 14.4 Å². The number of amides is 2. The molecule has 2 amide bonds. The lowest BCUT2D eigenvalue weighted by Crippen LogP contribution is -2.49. The van der Waals surface area contributed by atoms with Crippen molar-refractivity contribution < 1.29 is 4.79 Å². The van der Waals surface area contributed by atoms with Gasteiger partial charge >= 0.3 is 6.03 Å². The Morgan fingerprint density at radius 2 is 2.22 bits per heavy atom. The molecule has 5 heteroatoms. The van der Waals surface area contributed by atoms with Crippen molar-refractivity contribution in [2.75, 3.05) is 19.6 Å². The van der Waals surface area contributed by atoms with E-state index >= 15 is 0 Å². The van der Waals surface area contributed by atoms with Gasteiger partial charge in [0.05, 0.1) is 6.54 Å². The molecule has 2 aliphatic rings. The van der Waals surface area contributed by atoms with Crippen molar-refractivity contribution in [1.29, 1.82) is 0 Å². The van der Waals surface area contributed by atoms with Crippen molar-refractivity contribution in [3.05, 3.63) is 18.2 Å². The van der Waals surface area contributed by atoms with E-state index in [2.05, 4.69) is 16.5 Å². The Balaban J connectivity index is 1.67. The predicted octanol–water partition coefficient (Wildman–Crippen LogP) is 1.55. The summed E-state index contributed by atoms with van der Waals surface area (Å²) in [6, 6.07) is 0.191. The highest BCUT2D eigenvalue weighted by atomic mass is 16.2. The zero-order valence-corrected chi connectivity index (χ0v) is 10.9. The normalized spacial score (nSPS) is 23.9. The number of carbonyl (C=O) groups excluding carboxylic acids is 1. The molecule has 0 spiro atoms. The fraction of sp³-hybridized carbons (Fsp3) is 0.692. The Kier molecular flexibility index (Phi) is 2.97. The highest BCUT2D eigenvalue weighted by Crippen LogP contribution is 2.19. The van der Waals surface area contributed by atoms with Gasteiger partial charge in [-0.25, -0.2) is 9.78 Å². The minimum Gasteiger partial charge on any atom is -0.332 e. The van der Waals surface area contributed by atoms with Crippen LogP contribution in [0.15, 0.2) is 12.4 Å². The third kappa shape index (κ3) is 2.09. The van der Waals surface area contributed by atoms with Gasteiger partial charge in [-0.15, -0.1) is 0 Å². The van der Waals surface area contributed by atoms with E-state index in [-0.39, 0.29) is 6.03 Å². The predicted molar refractivity (Wildman–Crippen MR) is 68.0 cm³/mol. The number of hydrogen-bond acceptors (Lipinski definition) is 2. The molecule has 1 fully saturated rings. The molecule has 1 atom stereocenters. The van der Waals surface area contributed by atoms with Gasteiger partial charge in [-0.2, -0.15) is 0 Å². The lowest BCUT2D eigenvalue weighted by molar-refractivity contribution is 0.120. The fourth-order valence-corrected chi connectivity index (χ4v) is 2.90. The molecular weight excluding hydrogens is 228 g/mol. The first-order chi connectivity index (χ1) is 8.74. The molecule has 0 aromatic carbocycles. The average Bonchev–Trinajstić information content (AvgIpc) is 2.85. The van der Waals surface area contributed by atoms with Crippen LogP contribution in [0.2, 0.25) is 0 Å². The van der Waals surface area contributed by atoms with Crippen molar-refractivity contribution >= 4 is 6.03 Å². The molecule has 18 heavy (non-hydrogen) atoms. The van der Waals surface area contributed by atoms with Crippen molar-refractivity contribution in [2.24, 2.45) is 5.92 Å². The first kappa shape index (κ1) is 11.6. The van der Waals surface area contributed by atoms with Gasteiger partial charge in [0.1, 0.15) is 5.82 Å². The van der Waals surface area contributed by atoms with Gasteiger partial charge in [-0.1, -0.05) is 6.92 Å². The largest absolute Gasteiger partial charge is 0.332 e. The van der Waals surface area contributed by atoms with Gasteiger partial charge in [-0.3, -0.25) is 0 Å². The Labute approximate surface area is 107 Å². The maximum absolute atomic E-state index is 12.4. The SMILES string of the molecule is CC1CCCN(C(=O)N2CCn3ccnc3C2)C1. The number of hydrogen-bond donors (Lipinski definition) is 0. The number of rotatable bonds is 0. The van der Waals surface area contributed by atoms with Crippen molar-refractivity contribution in [3.63, 3.8) is 0 Å². The molecule has 2 aliphatic heterocycles.